The highest BCUT2D eigenvalue weighted by Gasteiger charge is 2.50. The minimum atomic E-state index is -3.13. The molecule has 0 spiro atoms. The number of nitrogens with one attached hydrogen (secondary N) is 4. The first-order valence-electron chi connectivity index (χ1n) is 18.7. The summed E-state index contributed by atoms with van der Waals surface area (Å²) < 4.78 is 39.3. The number of alkyl carbamates (subject to hydrolysis) is 2. The highest BCUT2D eigenvalue weighted by molar-refractivity contribution is 6.05. The molecule has 2 aromatic heterocycles. The highest BCUT2D eigenvalue weighted by Crippen LogP contribution is 2.42. The molecule has 6 rings (SSSR count). The zero-order valence-corrected chi connectivity index (χ0v) is 32.0. The minimum Gasteiger partial charge on any atom is -0.453 e. The van der Waals surface area contributed by atoms with Gasteiger partial charge in [0.2, 0.25) is 5.91 Å². The summed E-state index contributed by atoms with van der Waals surface area (Å²) in [5.74, 6) is -2.81. The van der Waals surface area contributed by atoms with Crippen molar-refractivity contribution in [2.45, 2.75) is 83.3 Å². The molecular formula is C40H50F2N8O5. The summed E-state index contributed by atoms with van der Waals surface area (Å²) in [6.07, 6.45) is 0.428. The molecule has 4 atom stereocenters. The maximum Gasteiger partial charge on any atom is 0.407 e. The van der Waals surface area contributed by atoms with Crippen molar-refractivity contribution in [2.24, 2.45) is 17.6 Å². The van der Waals surface area contributed by atoms with Gasteiger partial charge in [-0.15, -0.1) is 0 Å². The number of H-pyrrole nitrogens is 2. The van der Waals surface area contributed by atoms with Crippen molar-refractivity contribution in [2.75, 3.05) is 27.3 Å². The summed E-state index contributed by atoms with van der Waals surface area (Å²) in [7, 11) is 2.54. The third-order valence-corrected chi connectivity index (χ3v) is 10.6. The SMILES string of the molecule is COC(=O)N[C@H](C(=O)N1CC(F)(F)C[C@H]1c1nc2ccc(-c3ccc4c(ccc5nc(C(CCCN)C[C@@H](NC(=O)OC)C(C)C)[nH]c54)c3)cc2[nH]1)C(C)C. The Hall–Kier alpha value is -5.31. The van der Waals surface area contributed by atoms with Crippen molar-refractivity contribution in [1.82, 2.24) is 35.5 Å². The molecule has 0 bridgehead atoms. The Bertz CT molecular complexity index is 2180. The van der Waals surface area contributed by atoms with Crippen LogP contribution in [0.1, 0.15) is 77.0 Å². The van der Waals surface area contributed by atoms with Crippen molar-refractivity contribution in [1.29, 1.82) is 0 Å². The Morgan fingerprint density at radius 3 is 2.31 bits per heavy atom. The lowest BCUT2D eigenvalue weighted by Gasteiger charge is -2.29. The van der Waals surface area contributed by atoms with E-state index < -0.39 is 49.1 Å². The molecule has 0 radical (unpaired) electrons. The number of ether oxygens (including phenoxy) is 2. The maximum absolute atomic E-state index is 14.9. The molecule has 1 unspecified atom stereocenters. The van der Waals surface area contributed by atoms with E-state index in [9.17, 15) is 23.2 Å². The predicted molar refractivity (Wildman–Crippen MR) is 207 cm³/mol. The van der Waals surface area contributed by atoms with Crippen LogP contribution in [0.25, 0.3) is 44.0 Å². The van der Waals surface area contributed by atoms with Crippen LogP contribution in [0.15, 0.2) is 48.5 Å². The number of benzene rings is 3. The second kappa shape index (κ2) is 16.2. The number of aromatic amines is 2. The van der Waals surface area contributed by atoms with Gasteiger partial charge in [0.15, 0.2) is 0 Å². The van der Waals surface area contributed by atoms with Gasteiger partial charge in [-0.2, -0.15) is 0 Å². The molecule has 55 heavy (non-hydrogen) atoms. The number of carbonyl (C=O) groups is 3. The molecule has 3 heterocycles. The van der Waals surface area contributed by atoms with Gasteiger partial charge in [0.25, 0.3) is 5.92 Å². The number of nitrogens with zero attached hydrogens (tertiary/aromatic N) is 3. The molecule has 0 saturated carbocycles. The van der Waals surface area contributed by atoms with E-state index in [4.69, 9.17) is 15.5 Å². The molecule has 3 amide bonds. The standard InChI is InChI=1S/C40H50F2N8O5/c1-21(2)30(47-38(52)54-5)18-26(8-7-15-43)35-45-29-14-11-25-16-23(9-12-27(25)34(29)48-35)24-10-13-28-31(17-24)46-36(44-28)32-19-40(41,42)20-50(32)37(51)33(22(3)4)49-39(53)55-6/h9-14,16-17,21-22,26,30,32-33H,7-8,15,18-20,43H2,1-6H3,(H,44,46)(H,45,48)(H,47,52)(H,49,53)/t26?,30-,32+,33+/m1/s1. The third-order valence-electron chi connectivity index (χ3n) is 10.6. The lowest BCUT2D eigenvalue weighted by Crippen LogP contribution is -2.51. The van der Waals surface area contributed by atoms with Crippen LogP contribution in [0, 0.1) is 11.8 Å². The first-order chi connectivity index (χ1) is 26.2. The summed E-state index contributed by atoms with van der Waals surface area (Å²) in [5.41, 5.74) is 10.7. The number of amides is 3. The summed E-state index contributed by atoms with van der Waals surface area (Å²) in [6, 6.07) is 13.7. The minimum absolute atomic E-state index is 0.0367. The average molecular weight is 761 g/mol. The summed E-state index contributed by atoms with van der Waals surface area (Å²) in [4.78, 5) is 55.2. The number of hydrogen-bond donors (Lipinski definition) is 5. The van der Waals surface area contributed by atoms with E-state index in [1.165, 1.54) is 14.2 Å². The van der Waals surface area contributed by atoms with Crippen LogP contribution in [-0.2, 0) is 14.3 Å². The highest BCUT2D eigenvalue weighted by atomic mass is 19.3. The molecule has 1 saturated heterocycles. The van der Waals surface area contributed by atoms with Crippen molar-refractivity contribution in [3.05, 3.63) is 60.2 Å². The average Bonchev–Trinajstić information content (AvgIpc) is 3.88. The van der Waals surface area contributed by atoms with Gasteiger partial charge in [0.1, 0.15) is 17.7 Å². The number of rotatable bonds is 13. The lowest BCUT2D eigenvalue weighted by atomic mass is 9.89. The van der Waals surface area contributed by atoms with Crippen LogP contribution in [0.5, 0.6) is 0 Å². The van der Waals surface area contributed by atoms with Gasteiger partial charge in [0.05, 0.1) is 48.9 Å². The molecule has 5 aromatic rings. The van der Waals surface area contributed by atoms with Crippen molar-refractivity contribution >= 4 is 50.9 Å². The summed E-state index contributed by atoms with van der Waals surface area (Å²) in [5, 5.41) is 7.47. The zero-order chi connectivity index (χ0) is 39.6. The smallest absolute Gasteiger partial charge is 0.407 e. The van der Waals surface area contributed by atoms with Gasteiger partial charge in [-0.3, -0.25) is 4.79 Å². The number of carbonyl (C=O) groups excluding carboxylic acids is 3. The topological polar surface area (TPSA) is 180 Å². The molecule has 1 aliphatic heterocycles. The quantitative estimate of drug-likeness (QED) is 0.0840. The normalized spacial score (nSPS) is 17.2. The van der Waals surface area contributed by atoms with Gasteiger partial charge >= 0.3 is 12.2 Å². The van der Waals surface area contributed by atoms with Crippen LogP contribution < -0.4 is 16.4 Å². The number of fused-ring (bicyclic) bond motifs is 4. The van der Waals surface area contributed by atoms with Gasteiger partial charge in [-0.25, -0.2) is 28.3 Å². The van der Waals surface area contributed by atoms with E-state index in [1.54, 1.807) is 13.8 Å². The largest absolute Gasteiger partial charge is 0.453 e. The van der Waals surface area contributed by atoms with E-state index in [2.05, 4.69) is 56.3 Å². The van der Waals surface area contributed by atoms with Gasteiger partial charge in [-0.1, -0.05) is 52.0 Å². The number of likely N-dealkylation sites (tertiary alicyclic amines) is 1. The van der Waals surface area contributed by atoms with Crippen LogP contribution >= 0.6 is 0 Å². The van der Waals surface area contributed by atoms with Crippen molar-refractivity contribution in [3.8, 4) is 11.1 Å². The maximum atomic E-state index is 14.9. The number of alkyl halides is 2. The number of imidazole rings is 2. The monoisotopic (exact) mass is 760 g/mol. The zero-order valence-electron chi connectivity index (χ0n) is 32.0. The van der Waals surface area contributed by atoms with Gasteiger partial charge in [-0.05, 0) is 78.4 Å². The molecule has 6 N–H and O–H groups in total. The van der Waals surface area contributed by atoms with Crippen molar-refractivity contribution in [3.63, 3.8) is 0 Å². The fraction of sp³-hybridized carbons (Fsp3) is 0.475. The Kier molecular flexibility index (Phi) is 11.6. The molecule has 294 valence electrons. The van der Waals surface area contributed by atoms with E-state index in [1.807, 2.05) is 36.4 Å². The molecule has 13 nitrogen and oxygen atoms in total. The number of hydrogen-bond acceptors (Lipinski definition) is 8. The molecule has 1 aliphatic rings. The number of methoxy groups -OCH3 is 2. The lowest BCUT2D eigenvalue weighted by molar-refractivity contribution is -0.136. The second-order valence-corrected chi connectivity index (χ2v) is 15.1. The Morgan fingerprint density at radius 2 is 1.62 bits per heavy atom. The number of nitrogens with two attached hydrogens (primary N) is 1. The van der Waals surface area contributed by atoms with Crippen LogP contribution in [0.2, 0.25) is 0 Å². The molecule has 15 heteroatoms. The first-order valence-corrected chi connectivity index (χ1v) is 18.7. The molecular weight excluding hydrogens is 710 g/mol. The number of aromatic nitrogens is 4. The summed E-state index contributed by atoms with van der Waals surface area (Å²) >= 11 is 0. The van der Waals surface area contributed by atoms with Crippen LogP contribution in [-0.4, -0.2) is 88.2 Å². The third kappa shape index (κ3) is 8.51. The Morgan fingerprint density at radius 1 is 0.927 bits per heavy atom. The van der Waals surface area contributed by atoms with E-state index in [0.29, 0.717) is 24.0 Å². The number of halogens is 2. The molecule has 1 fully saturated rings. The Labute approximate surface area is 318 Å². The molecule has 3 aromatic carbocycles. The Balaban J connectivity index is 1.28. The van der Waals surface area contributed by atoms with E-state index >= 15 is 0 Å². The van der Waals surface area contributed by atoms with Gasteiger partial charge in [0, 0.05) is 23.8 Å². The van der Waals surface area contributed by atoms with E-state index in [0.717, 1.165) is 56.5 Å². The van der Waals surface area contributed by atoms with Crippen molar-refractivity contribution < 1.29 is 32.6 Å². The first kappa shape index (κ1) is 39.4. The van der Waals surface area contributed by atoms with Crippen LogP contribution in [0.4, 0.5) is 18.4 Å². The van der Waals surface area contributed by atoms with E-state index in [-0.39, 0.29) is 29.6 Å². The predicted octanol–water partition coefficient (Wildman–Crippen LogP) is 7.14. The fourth-order valence-electron chi connectivity index (χ4n) is 7.48. The fourth-order valence-corrected chi connectivity index (χ4v) is 7.48. The summed E-state index contributed by atoms with van der Waals surface area (Å²) in [6.45, 7) is 7.35. The van der Waals surface area contributed by atoms with Gasteiger partial charge < -0.3 is 40.7 Å². The van der Waals surface area contributed by atoms with Crippen LogP contribution in [0.3, 0.4) is 0 Å². The molecule has 0 aliphatic carbocycles. The second-order valence-electron chi connectivity index (χ2n) is 15.1.